The van der Waals surface area contributed by atoms with Crippen molar-refractivity contribution < 1.29 is 9.59 Å². The standard InChI is InChI=1S/C20H14BrClN2O2/c21-16-6-2-1-5-15(16)20(26)23-14-11-9-13(10-12-14)19(25)24-18-8-4-3-7-17(18)22/h1-12H,(H,23,26)(H,24,25). The summed E-state index contributed by atoms with van der Waals surface area (Å²) in [5.41, 5.74) is 2.14. The van der Waals surface area contributed by atoms with Gasteiger partial charge in [0.05, 0.1) is 16.3 Å². The predicted molar refractivity (Wildman–Crippen MR) is 108 cm³/mol. The van der Waals surface area contributed by atoms with Crippen molar-refractivity contribution in [2.75, 3.05) is 10.6 Å². The summed E-state index contributed by atoms with van der Waals surface area (Å²) in [7, 11) is 0. The van der Waals surface area contributed by atoms with Crippen LogP contribution in [0.5, 0.6) is 0 Å². The van der Waals surface area contributed by atoms with E-state index in [2.05, 4.69) is 26.6 Å². The molecule has 3 aromatic carbocycles. The molecule has 0 heterocycles. The van der Waals surface area contributed by atoms with Crippen LogP contribution in [0.1, 0.15) is 20.7 Å². The number of hydrogen-bond donors (Lipinski definition) is 2. The molecule has 0 radical (unpaired) electrons. The van der Waals surface area contributed by atoms with Crippen molar-refractivity contribution >= 4 is 50.7 Å². The number of hydrogen-bond acceptors (Lipinski definition) is 2. The van der Waals surface area contributed by atoms with E-state index in [1.807, 2.05) is 6.07 Å². The Morgan fingerprint density at radius 2 is 1.42 bits per heavy atom. The van der Waals surface area contributed by atoms with Crippen LogP contribution >= 0.6 is 27.5 Å². The van der Waals surface area contributed by atoms with Gasteiger partial charge in [-0.1, -0.05) is 35.9 Å². The van der Waals surface area contributed by atoms with E-state index in [0.717, 1.165) is 0 Å². The first-order valence-electron chi connectivity index (χ1n) is 7.76. The van der Waals surface area contributed by atoms with Crippen LogP contribution in [0.25, 0.3) is 0 Å². The molecule has 0 saturated carbocycles. The molecule has 3 aromatic rings. The summed E-state index contributed by atoms with van der Waals surface area (Å²) < 4.78 is 0.716. The van der Waals surface area contributed by atoms with E-state index in [4.69, 9.17) is 11.6 Å². The Bertz CT molecular complexity index is 958. The van der Waals surface area contributed by atoms with Crippen molar-refractivity contribution in [3.63, 3.8) is 0 Å². The maximum Gasteiger partial charge on any atom is 0.256 e. The summed E-state index contributed by atoms with van der Waals surface area (Å²) in [5.74, 6) is -0.507. The number of carbonyl (C=O) groups is 2. The van der Waals surface area contributed by atoms with Gasteiger partial charge in [-0.05, 0) is 64.5 Å². The number of benzene rings is 3. The monoisotopic (exact) mass is 428 g/mol. The van der Waals surface area contributed by atoms with Crippen molar-refractivity contribution in [3.8, 4) is 0 Å². The van der Waals surface area contributed by atoms with Crippen LogP contribution in [0.4, 0.5) is 11.4 Å². The van der Waals surface area contributed by atoms with Crippen molar-refractivity contribution in [2.24, 2.45) is 0 Å². The highest BCUT2D eigenvalue weighted by Crippen LogP contribution is 2.22. The fourth-order valence-electron chi connectivity index (χ4n) is 2.31. The number of halogens is 2. The van der Waals surface area contributed by atoms with E-state index in [0.29, 0.717) is 32.0 Å². The molecule has 0 unspecified atom stereocenters. The smallest absolute Gasteiger partial charge is 0.256 e. The van der Waals surface area contributed by atoms with Crippen molar-refractivity contribution in [1.29, 1.82) is 0 Å². The number of rotatable bonds is 4. The molecule has 130 valence electrons. The van der Waals surface area contributed by atoms with Crippen molar-refractivity contribution in [2.45, 2.75) is 0 Å². The first-order valence-corrected chi connectivity index (χ1v) is 8.93. The second kappa shape index (κ2) is 8.17. The van der Waals surface area contributed by atoms with Gasteiger partial charge in [0.25, 0.3) is 11.8 Å². The molecular formula is C20H14BrClN2O2. The van der Waals surface area contributed by atoms with Gasteiger partial charge in [0.1, 0.15) is 0 Å². The molecule has 2 N–H and O–H groups in total. The van der Waals surface area contributed by atoms with E-state index < -0.39 is 0 Å². The second-order valence-electron chi connectivity index (χ2n) is 5.45. The maximum atomic E-state index is 12.3. The Balaban J connectivity index is 1.68. The average Bonchev–Trinajstić information content (AvgIpc) is 2.64. The van der Waals surface area contributed by atoms with Crippen LogP contribution in [0.2, 0.25) is 5.02 Å². The van der Waals surface area contributed by atoms with E-state index in [9.17, 15) is 9.59 Å². The second-order valence-corrected chi connectivity index (χ2v) is 6.71. The Kier molecular flexibility index (Phi) is 5.71. The van der Waals surface area contributed by atoms with Crippen LogP contribution in [-0.2, 0) is 0 Å². The third kappa shape index (κ3) is 4.31. The summed E-state index contributed by atoms with van der Waals surface area (Å²) in [6, 6.07) is 20.8. The van der Waals surface area contributed by atoms with E-state index in [1.165, 1.54) is 0 Å². The van der Waals surface area contributed by atoms with Gasteiger partial charge < -0.3 is 10.6 Å². The molecule has 0 spiro atoms. The fraction of sp³-hybridized carbons (Fsp3) is 0. The number of para-hydroxylation sites is 1. The van der Waals surface area contributed by atoms with Crippen molar-refractivity contribution in [1.82, 2.24) is 0 Å². The van der Waals surface area contributed by atoms with Gasteiger partial charge in [0, 0.05) is 15.7 Å². The minimum absolute atomic E-state index is 0.231. The Morgan fingerprint density at radius 3 is 2.12 bits per heavy atom. The van der Waals surface area contributed by atoms with E-state index in [1.54, 1.807) is 66.7 Å². The molecule has 0 atom stereocenters. The Labute approximate surface area is 164 Å². The molecule has 0 bridgehead atoms. The molecule has 0 saturated heterocycles. The van der Waals surface area contributed by atoms with Crippen LogP contribution < -0.4 is 10.6 Å². The minimum atomic E-state index is -0.276. The van der Waals surface area contributed by atoms with Crippen molar-refractivity contribution in [3.05, 3.63) is 93.4 Å². The van der Waals surface area contributed by atoms with Gasteiger partial charge >= 0.3 is 0 Å². The molecule has 0 aliphatic carbocycles. The highest BCUT2D eigenvalue weighted by molar-refractivity contribution is 9.10. The third-order valence-electron chi connectivity index (χ3n) is 3.65. The summed E-state index contributed by atoms with van der Waals surface area (Å²) in [4.78, 5) is 24.6. The quantitative estimate of drug-likeness (QED) is 0.566. The molecule has 2 amide bonds. The molecule has 26 heavy (non-hydrogen) atoms. The topological polar surface area (TPSA) is 58.2 Å². The first-order chi connectivity index (χ1) is 12.5. The maximum absolute atomic E-state index is 12.3. The number of anilines is 2. The molecule has 0 aromatic heterocycles. The van der Waals surface area contributed by atoms with Gasteiger partial charge in [0.15, 0.2) is 0 Å². The summed E-state index contributed by atoms with van der Waals surface area (Å²) in [6.07, 6.45) is 0. The van der Waals surface area contributed by atoms with Gasteiger partial charge in [-0.2, -0.15) is 0 Å². The third-order valence-corrected chi connectivity index (χ3v) is 4.67. The van der Waals surface area contributed by atoms with E-state index >= 15 is 0 Å². The Hall–Kier alpha value is -2.63. The zero-order chi connectivity index (χ0) is 18.5. The molecule has 0 fully saturated rings. The van der Waals surface area contributed by atoms with Crippen LogP contribution in [0.15, 0.2) is 77.3 Å². The summed E-state index contributed by atoms with van der Waals surface area (Å²) in [6.45, 7) is 0. The lowest BCUT2D eigenvalue weighted by molar-refractivity contribution is 0.101. The highest BCUT2D eigenvalue weighted by atomic mass is 79.9. The molecular weight excluding hydrogens is 416 g/mol. The summed E-state index contributed by atoms with van der Waals surface area (Å²) in [5, 5.41) is 6.03. The van der Waals surface area contributed by atoms with Gasteiger partial charge in [-0.15, -0.1) is 0 Å². The van der Waals surface area contributed by atoms with E-state index in [-0.39, 0.29) is 11.8 Å². The Morgan fingerprint density at radius 1 is 0.769 bits per heavy atom. The molecule has 0 aliphatic rings. The molecule has 3 rings (SSSR count). The fourth-order valence-corrected chi connectivity index (χ4v) is 2.95. The minimum Gasteiger partial charge on any atom is -0.322 e. The molecule has 4 nitrogen and oxygen atoms in total. The first kappa shape index (κ1) is 18.2. The van der Waals surface area contributed by atoms with Gasteiger partial charge in [-0.3, -0.25) is 9.59 Å². The lowest BCUT2D eigenvalue weighted by Crippen LogP contribution is -2.14. The zero-order valence-electron chi connectivity index (χ0n) is 13.5. The lowest BCUT2D eigenvalue weighted by atomic mass is 10.1. The predicted octanol–water partition coefficient (Wildman–Crippen LogP) is 5.61. The largest absolute Gasteiger partial charge is 0.322 e. The lowest BCUT2D eigenvalue weighted by Gasteiger charge is -2.09. The SMILES string of the molecule is O=C(Nc1ccccc1Cl)c1ccc(NC(=O)c2ccccc2Br)cc1. The summed E-state index contributed by atoms with van der Waals surface area (Å²) >= 11 is 9.40. The number of nitrogens with one attached hydrogen (secondary N) is 2. The number of amides is 2. The van der Waals surface area contributed by atoms with Gasteiger partial charge in [0.2, 0.25) is 0 Å². The van der Waals surface area contributed by atoms with Gasteiger partial charge in [-0.25, -0.2) is 0 Å². The zero-order valence-corrected chi connectivity index (χ0v) is 15.8. The molecule has 6 heteroatoms. The normalized spacial score (nSPS) is 10.2. The number of carbonyl (C=O) groups excluding carboxylic acids is 2. The van der Waals surface area contributed by atoms with Crippen LogP contribution in [-0.4, -0.2) is 11.8 Å². The molecule has 0 aliphatic heterocycles. The van der Waals surface area contributed by atoms with Crippen LogP contribution in [0, 0.1) is 0 Å². The average molecular weight is 430 g/mol. The van der Waals surface area contributed by atoms with Crippen LogP contribution in [0.3, 0.4) is 0 Å². The highest BCUT2D eigenvalue weighted by Gasteiger charge is 2.11.